The fourth-order valence-corrected chi connectivity index (χ4v) is 2.25. The fraction of sp³-hybridized carbons (Fsp3) is 0.250. The number of nitrogens with one attached hydrogen (secondary N) is 1. The Balaban J connectivity index is 2.27. The van der Waals surface area contributed by atoms with E-state index < -0.39 is 10.8 Å². The molecule has 1 aromatic carbocycles. The molecule has 0 aromatic heterocycles. The van der Waals surface area contributed by atoms with Crippen molar-refractivity contribution in [1.29, 1.82) is 0 Å². The van der Waals surface area contributed by atoms with Crippen LogP contribution in [0.5, 0.6) is 0 Å². The van der Waals surface area contributed by atoms with E-state index in [0.29, 0.717) is 0 Å². The van der Waals surface area contributed by atoms with Crippen LogP contribution in [0.25, 0.3) is 0 Å². The van der Waals surface area contributed by atoms with Crippen LogP contribution in [-0.4, -0.2) is 16.9 Å². The normalized spacial score (nSPS) is 14.6. The Labute approximate surface area is 119 Å². The van der Waals surface area contributed by atoms with E-state index in [9.17, 15) is 14.9 Å². The van der Waals surface area contributed by atoms with Crippen molar-refractivity contribution in [2.24, 2.45) is 0 Å². The molecule has 0 fully saturated rings. The largest absolute Gasteiger partial charge is 0.349 e. The Kier molecular flexibility index (Phi) is 4.07. The molecule has 0 heterocycles. The Hall–Kier alpha value is -1.59. The van der Waals surface area contributed by atoms with Gasteiger partial charge in [-0.15, -0.1) is 0 Å². The average molecular weight is 301 g/mol. The summed E-state index contributed by atoms with van der Waals surface area (Å²) >= 11 is 11.7. The number of amides is 1. The first-order chi connectivity index (χ1) is 8.99. The number of nitrogens with zero attached hydrogens (tertiary/aromatic N) is 1. The number of nitro groups is 1. The van der Waals surface area contributed by atoms with Gasteiger partial charge in [-0.2, -0.15) is 0 Å². The highest BCUT2D eigenvalue weighted by atomic mass is 35.5. The summed E-state index contributed by atoms with van der Waals surface area (Å²) in [7, 11) is 0. The maximum atomic E-state index is 12.0. The molecule has 0 aliphatic heterocycles. The van der Waals surface area contributed by atoms with Gasteiger partial charge in [0.05, 0.1) is 20.5 Å². The number of hydrogen-bond donors (Lipinski definition) is 1. The van der Waals surface area contributed by atoms with Crippen LogP contribution in [0.2, 0.25) is 10.0 Å². The molecule has 0 atom stereocenters. The van der Waals surface area contributed by atoms with Crippen LogP contribution in [0, 0.1) is 10.1 Å². The molecule has 7 heteroatoms. The molecule has 1 N–H and O–H groups in total. The number of carbonyl (C=O) groups is 1. The molecule has 5 nitrogen and oxygen atoms in total. The first-order valence-corrected chi connectivity index (χ1v) is 6.34. The van der Waals surface area contributed by atoms with Gasteiger partial charge in [0.15, 0.2) is 0 Å². The Morgan fingerprint density at radius 2 is 1.95 bits per heavy atom. The summed E-state index contributed by atoms with van der Waals surface area (Å²) in [6.07, 6.45) is 5.41. The van der Waals surface area contributed by atoms with Gasteiger partial charge in [-0.05, 0) is 12.8 Å². The number of halogens is 2. The van der Waals surface area contributed by atoms with Gasteiger partial charge >= 0.3 is 0 Å². The highest BCUT2D eigenvalue weighted by Crippen LogP contribution is 2.31. The number of hydrogen-bond acceptors (Lipinski definition) is 3. The summed E-state index contributed by atoms with van der Waals surface area (Å²) < 4.78 is 0. The second-order valence-corrected chi connectivity index (χ2v) is 4.94. The third-order valence-electron chi connectivity index (χ3n) is 2.81. The lowest BCUT2D eigenvalue weighted by atomic mass is 10.1. The summed E-state index contributed by atoms with van der Waals surface area (Å²) in [6.45, 7) is 0. The summed E-state index contributed by atoms with van der Waals surface area (Å²) in [6, 6.07) is 2.26. The molecule has 0 spiro atoms. The van der Waals surface area contributed by atoms with Crippen molar-refractivity contribution < 1.29 is 9.72 Å². The number of carbonyl (C=O) groups excluding carboxylic acids is 1. The zero-order valence-electron chi connectivity index (χ0n) is 9.73. The van der Waals surface area contributed by atoms with Gasteiger partial charge in [-0.1, -0.05) is 35.4 Å². The monoisotopic (exact) mass is 300 g/mol. The molecular formula is C12H10Cl2N2O3. The fourth-order valence-electron chi connectivity index (χ4n) is 1.84. The summed E-state index contributed by atoms with van der Waals surface area (Å²) in [5.41, 5.74) is -0.239. The molecule has 0 radical (unpaired) electrons. The number of nitro benzene ring substituents is 1. The third-order valence-corrected chi connectivity index (χ3v) is 3.61. The van der Waals surface area contributed by atoms with E-state index in [1.165, 1.54) is 0 Å². The van der Waals surface area contributed by atoms with Gasteiger partial charge in [0.2, 0.25) is 0 Å². The maximum Gasteiger partial charge on any atom is 0.271 e. The molecular weight excluding hydrogens is 291 g/mol. The second kappa shape index (κ2) is 5.59. The highest BCUT2D eigenvalue weighted by Gasteiger charge is 2.21. The zero-order valence-corrected chi connectivity index (χ0v) is 11.2. The summed E-state index contributed by atoms with van der Waals surface area (Å²) in [5, 5.41) is 13.5. The quantitative estimate of drug-likeness (QED) is 0.528. The molecule has 19 heavy (non-hydrogen) atoms. The summed E-state index contributed by atoms with van der Waals surface area (Å²) in [4.78, 5) is 22.2. The standard InChI is InChI=1S/C12H10Cl2N2O3/c13-10-6-8(16(18)19)5-9(11(10)14)12(17)15-7-3-1-2-4-7/h1-2,5-7H,3-4H2,(H,15,17). The van der Waals surface area contributed by atoms with E-state index in [-0.39, 0.29) is 27.3 Å². The Morgan fingerprint density at radius 1 is 1.32 bits per heavy atom. The molecule has 0 saturated carbocycles. The van der Waals surface area contributed by atoms with Crippen LogP contribution >= 0.6 is 23.2 Å². The lowest BCUT2D eigenvalue weighted by Crippen LogP contribution is -2.33. The van der Waals surface area contributed by atoms with E-state index >= 15 is 0 Å². The molecule has 100 valence electrons. The predicted octanol–water partition coefficient (Wildman–Crippen LogP) is 3.35. The van der Waals surface area contributed by atoms with Crippen molar-refractivity contribution in [3.05, 3.63) is 50.0 Å². The third kappa shape index (κ3) is 3.05. The highest BCUT2D eigenvalue weighted by molar-refractivity contribution is 6.44. The second-order valence-electron chi connectivity index (χ2n) is 4.16. The van der Waals surface area contributed by atoms with Crippen LogP contribution in [0.1, 0.15) is 23.2 Å². The van der Waals surface area contributed by atoms with Gasteiger partial charge in [0, 0.05) is 18.2 Å². The minimum atomic E-state index is -0.615. The number of benzene rings is 1. The molecule has 0 bridgehead atoms. The molecule has 1 aromatic rings. The van der Waals surface area contributed by atoms with Crippen LogP contribution in [0.15, 0.2) is 24.3 Å². The average Bonchev–Trinajstić information content (AvgIpc) is 2.84. The predicted molar refractivity (Wildman–Crippen MR) is 72.7 cm³/mol. The lowest BCUT2D eigenvalue weighted by molar-refractivity contribution is -0.384. The lowest BCUT2D eigenvalue weighted by Gasteiger charge is -2.13. The van der Waals surface area contributed by atoms with Gasteiger partial charge in [0.25, 0.3) is 11.6 Å². The van der Waals surface area contributed by atoms with Crippen molar-refractivity contribution in [2.45, 2.75) is 18.9 Å². The van der Waals surface area contributed by atoms with E-state index in [4.69, 9.17) is 23.2 Å². The van der Waals surface area contributed by atoms with Gasteiger partial charge in [-0.25, -0.2) is 0 Å². The summed E-state index contributed by atoms with van der Waals surface area (Å²) in [5.74, 6) is -0.454. The molecule has 0 unspecified atom stereocenters. The van der Waals surface area contributed by atoms with Crippen molar-refractivity contribution in [3.8, 4) is 0 Å². The van der Waals surface area contributed by atoms with Crippen LogP contribution in [0.4, 0.5) is 5.69 Å². The van der Waals surface area contributed by atoms with E-state index in [0.717, 1.165) is 25.0 Å². The SMILES string of the molecule is O=C(NC1CC=CC1)c1cc([N+](=O)[O-])cc(Cl)c1Cl. The van der Waals surface area contributed by atoms with Crippen LogP contribution in [0.3, 0.4) is 0 Å². The van der Waals surface area contributed by atoms with Crippen molar-refractivity contribution in [1.82, 2.24) is 5.32 Å². The van der Waals surface area contributed by atoms with E-state index in [2.05, 4.69) is 5.32 Å². The molecule has 1 aliphatic rings. The first kappa shape index (κ1) is 13.8. The minimum absolute atomic E-state index is 0.00149. The van der Waals surface area contributed by atoms with Crippen molar-refractivity contribution in [3.63, 3.8) is 0 Å². The molecule has 0 saturated heterocycles. The topological polar surface area (TPSA) is 72.2 Å². The zero-order chi connectivity index (χ0) is 14.0. The van der Waals surface area contributed by atoms with Crippen molar-refractivity contribution in [2.75, 3.05) is 0 Å². The molecule has 1 aliphatic carbocycles. The number of non-ortho nitro benzene ring substituents is 1. The van der Waals surface area contributed by atoms with Crippen molar-refractivity contribution >= 4 is 34.8 Å². The van der Waals surface area contributed by atoms with Crippen LogP contribution in [-0.2, 0) is 0 Å². The van der Waals surface area contributed by atoms with Gasteiger partial charge in [0.1, 0.15) is 0 Å². The van der Waals surface area contributed by atoms with Gasteiger partial charge in [-0.3, -0.25) is 14.9 Å². The Bertz CT molecular complexity index is 564. The van der Waals surface area contributed by atoms with E-state index in [1.54, 1.807) is 0 Å². The van der Waals surface area contributed by atoms with Gasteiger partial charge < -0.3 is 5.32 Å². The molecule has 2 rings (SSSR count). The molecule has 1 amide bonds. The van der Waals surface area contributed by atoms with Crippen LogP contribution < -0.4 is 5.32 Å². The number of rotatable bonds is 3. The first-order valence-electron chi connectivity index (χ1n) is 5.58. The maximum absolute atomic E-state index is 12.0. The van der Waals surface area contributed by atoms with E-state index in [1.807, 2.05) is 12.2 Å². The smallest absolute Gasteiger partial charge is 0.271 e. The minimum Gasteiger partial charge on any atom is -0.349 e. The Morgan fingerprint density at radius 3 is 2.53 bits per heavy atom.